The Kier molecular flexibility index (Phi) is 5.46. The Labute approximate surface area is 120 Å². The fourth-order valence-corrected chi connectivity index (χ4v) is 3.76. The molecule has 0 bridgehead atoms. The average molecular weight is 277 g/mol. The van der Waals surface area contributed by atoms with Crippen molar-refractivity contribution >= 4 is 17.5 Å². The van der Waals surface area contributed by atoms with E-state index in [1.54, 1.807) is 0 Å². The molecule has 2 rings (SSSR count). The van der Waals surface area contributed by atoms with Crippen LogP contribution in [0.5, 0.6) is 0 Å². The summed E-state index contributed by atoms with van der Waals surface area (Å²) >= 11 is 1.99. The third-order valence-corrected chi connectivity index (χ3v) is 4.88. The first-order valence-corrected chi connectivity index (χ1v) is 8.26. The normalized spacial score (nSPS) is 19.0. The second-order valence-electron chi connectivity index (χ2n) is 5.30. The summed E-state index contributed by atoms with van der Waals surface area (Å²) in [4.78, 5) is 14.4. The number of ketones is 1. The Morgan fingerprint density at radius 1 is 1.37 bits per heavy atom. The Bertz CT molecular complexity index is 409. The highest BCUT2D eigenvalue weighted by atomic mass is 32.2. The van der Waals surface area contributed by atoms with Gasteiger partial charge in [-0.05, 0) is 31.2 Å². The summed E-state index contributed by atoms with van der Waals surface area (Å²) in [7, 11) is 2.07. The van der Waals surface area contributed by atoms with Gasteiger partial charge < -0.3 is 0 Å². The van der Waals surface area contributed by atoms with Gasteiger partial charge in [0.05, 0.1) is 6.54 Å². The first-order valence-electron chi connectivity index (χ1n) is 7.11. The third kappa shape index (κ3) is 4.08. The lowest BCUT2D eigenvalue weighted by Gasteiger charge is -2.22. The summed E-state index contributed by atoms with van der Waals surface area (Å²) in [6.07, 6.45) is 3.45. The number of benzene rings is 1. The van der Waals surface area contributed by atoms with E-state index in [4.69, 9.17) is 0 Å². The molecule has 0 aromatic heterocycles. The third-order valence-electron chi connectivity index (χ3n) is 3.74. The quantitative estimate of drug-likeness (QED) is 0.744. The van der Waals surface area contributed by atoms with Crippen molar-refractivity contribution < 1.29 is 4.79 Å². The van der Waals surface area contributed by atoms with E-state index in [9.17, 15) is 4.79 Å². The van der Waals surface area contributed by atoms with Crippen LogP contribution in [0.2, 0.25) is 0 Å². The zero-order valence-corrected chi connectivity index (χ0v) is 12.7. The molecule has 0 N–H and O–H groups in total. The van der Waals surface area contributed by atoms with Crippen LogP contribution in [-0.2, 0) is 6.42 Å². The lowest BCUT2D eigenvalue weighted by molar-refractivity contribution is 0.0927. The summed E-state index contributed by atoms with van der Waals surface area (Å²) in [5.74, 6) is 2.64. The topological polar surface area (TPSA) is 20.3 Å². The van der Waals surface area contributed by atoms with Crippen molar-refractivity contribution in [2.75, 3.05) is 25.1 Å². The fourth-order valence-electron chi connectivity index (χ4n) is 2.46. The van der Waals surface area contributed by atoms with E-state index in [1.165, 1.54) is 23.5 Å². The Hall–Kier alpha value is -0.800. The smallest absolute Gasteiger partial charge is 0.176 e. The van der Waals surface area contributed by atoms with Crippen molar-refractivity contribution in [3.05, 3.63) is 35.4 Å². The highest BCUT2D eigenvalue weighted by Crippen LogP contribution is 2.21. The van der Waals surface area contributed by atoms with Crippen LogP contribution >= 0.6 is 11.8 Å². The molecule has 0 amide bonds. The van der Waals surface area contributed by atoms with Gasteiger partial charge in [0.15, 0.2) is 5.78 Å². The van der Waals surface area contributed by atoms with Gasteiger partial charge in [-0.2, -0.15) is 11.8 Å². The molecule has 1 aliphatic heterocycles. The van der Waals surface area contributed by atoms with Crippen molar-refractivity contribution in [3.8, 4) is 0 Å². The highest BCUT2D eigenvalue weighted by molar-refractivity contribution is 7.99. The van der Waals surface area contributed by atoms with Crippen LogP contribution in [0.25, 0.3) is 0 Å². The van der Waals surface area contributed by atoms with E-state index in [1.807, 2.05) is 23.9 Å². The average Bonchev–Trinajstić information content (AvgIpc) is 2.94. The minimum absolute atomic E-state index is 0.238. The number of aryl methyl sites for hydroxylation is 1. The van der Waals surface area contributed by atoms with Crippen molar-refractivity contribution in [2.45, 2.75) is 32.2 Å². The monoisotopic (exact) mass is 277 g/mol. The van der Waals surface area contributed by atoms with Gasteiger partial charge in [-0.15, -0.1) is 0 Å². The SMILES string of the molecule is CCCc1ccc(C(=O)CN(C)C2CCSC2)cc1. The van der Waals surface area contributed by atoms with E-state index in [-0.39, 0.29) is 5.78 Å². The maximum atomic E-state index is 12.2. The number of hydrogen-bond donors (Lipinski definition) is 0. The van der Waals surface area contributed by atoms with Gasteiger partial charge in [-0.3, -0.25) is 9.69 Å². The zero-order chi connectivity index (χ0) is 13.7. The van der Waals surface area contributed by atoms with Crippen LogP contribution in [-0.4, -0.2) is 41.8 Å². The predicted molar refractivity (Wildman–Crippen MR) is 83.1 cm³/mol. The number of hydrogen-bond acceptors (Lipinski definition) is 3. The first kappa shape index (κ1) is 14.6. The molecule has 1 fully saturated rings. The van der Waals surface area contributed by atoms with Crippen LogP contribution in [0.3, 0.4) is 0 Å². The number of rotatable bonds is 6. The highest BCUT2D eigenvalue weighted by Gasteiger charge is 2.21. The molecular formula is C16H23NOS. The number of carbonyl (C=O) groups is 1. The number of thioether (sulfide) groups is 1. The molecule has 0 aliphatic carbocycles. The van der Waals surface area contributed by atoms with Gasteiger partial charge in [0.2, 0.25) is 0 Å². The number of carbonyl (C=O) groups excluding carboxylic acids is 1. The van der Waals surface area contributed by atoms with Gasteiger partial charge in [-0.1, -0.05) is 37.6 Å². The van der Waals surface area contributed by atoms with Crippen LogP contribution in [0.15, 0.2) is 24.3 Å². The molecule has 0 saturated carbocycles. The van der Waals surface area contributed by atoms with E-state index in [0.29, 0.717) is 12.6 Å². The second kappa shape index (κ2) is 7.11. The Balaban J connectivity index is 1.91. The lowest BCUT2D eigenvalue weighted by atomic mass is 10.0. The van der Waals surface area contributed by atoms with Gasteiger partial charge in [0.1, 0.15) is 0 Å². The molecule has 1 aromatic carbocycles. The van der Waals surface area contributed by atoms with Crippen molar-refractivity contribution in [2.24, 2.45) is 0 Å². The summed E-state index contributed by atoms with van der Waals surface area (Å²) in [6, 6.07) is 8.70. The molecule has 19 heavy (non-hydrogen) atoms. The van der Waals surface area contributed by atoms with Crippen molar-refractivity contribution in [3.63, 3.8) is 0 Å². The van der Waals surface area contributed by atoms with Crippen LogP contribution < -0.4 is 0 Å². The summed E-state index contributed by atoms with van der Waals surface area (Å²) in [5.41, 5.74) is 2.16. The van der Waals surface area contributed by atoms with E-state index < -0.39 is 0 Å². The van der Waals surface area contributed by atoms with E-state index >= 15 is 0 Å². The molecule has 1 unspecified atom stereocenters. The molecule has 2 nitrogen and oxygen atoms in total. The largest absolute Gasteiger partial charge is 0.295 e. The summed E-state index contributed by atoms with van der Waals surface area (Å²) in [5, 5.41) is 0. The molecule has 1 saturated heterocycles. The van der Waals surface area contributed by atoms with Crippen molar-refractivity contribution in [1.29, 1.82) is 0 Å². The molecule has 1 atom stereocenters. The van der Waals surface area contributed by atoms with Crippen molar-refractivity contribution in [1.82, 2.24) is 4.90 Å². The van der Waals surface area contributed by atoms with E-state index in [2.05, 4.69) is 31.0 Å². The van der Waals surface area contributed by atoms with Crippen LogP contribution in [0.1, 0.15) is 35.7 Å². The van der Waals surface area contributed by atoms with Crippen LogP contribution in [0, 0.1) is 0 Å². The number of likely N-dealkylation sites (N-methyl/N-ethyl adjacent to an activating group) is 1. The fraction of sp³-hybridized carbons (Fsp3) is 0.562. The molecule has 1 aromatic rings. The predicted octanol–water partition coefficient (Wildman–Crippen LogP) is 3.26. The minimum Gasteiger partial charge on any atom is -0.295 e. The molecular weight excluding hydrogens is 254 g/mol. The maximum Gasteiger partial charge on any atom is 0.176 e. The van der Waals surface area contributed by atoms with Gasteiger partial charge >= 0.3 is 0 Å². The van der Waals surface area contributed by atoms with E-state index in [0.717, 1.165) is 18.4 Å². The molecule has 1 heterocycles. The molecule has 3 heteroatoms. The number of nitrogens with zero attached hydrogens (tertiary/aromatic N) is 1. The first-order chi connectivity index (χ1) is 9.20. The molecule has 0 radical (unpaired) electrons. The molecule has 0 spiro atoms. The minimum atomic E-state index is 0.238. The zero-order valence-electron chi connectivity index (χ0n) is 11.9. The van der Waals surface area contributed by atoms with Crippen LogP contribution in [0.4, 0.5) is 0 Å². The second-order valence-corrected chi connectivity index (χ2v) is 6.45. The maximum absolute atomic E-state index is 12.2. The molecule has 1 aliphatic rings. The summed E-state index contributed by atoms with van der Waals surface area (Å²) in [6.45, 7) is 2.71. The van der Waals surface area contributed by atoms with Gasteiger partial charge in [-0.25, -0.2) is 0 Å². The Morgan fingerprint density at radius 2 is 2.11 bits per heavy atom. The molecule has 104 valence electrons. The van der Waals surface area contributed by atoms with Gasteiger partial charge in [0.25, 0.3) is 0 Å². The van der Waals surface area contributed by atoms with Gasteiger partial charge in [0, 0.05) is 17.4 Å². The summed E-state index contributed by atoms with van der Waals surface area (Å²) < 4.78 is 0. The Morgan fingerprint density at radius 3 is 2.68 bits per heavy atom. The standard InChI is InChI=1S/C16H23NOS/c1-3-4-13-5-7-14(8-6-13)16(18)11-17(2)15-9-10-19-12-15/h5-8,15H,3-4,9-12H2,1-2H3. The lowest BCUT2D eigenvalue weighted by Crippen LogP contribution is -2.35. The number of Topliss-reactive ketones (excluding diaryl/α,β-unsaturated/α-hetero) is 1.